The standard InChI is InChI=1S/C15H10O3/c16-13(10-6-2-1-3-7-10)14-11-8-4-5-9-12(11)15(17)18-14/h1-9,14H/t14-/m0/s1. The van der Waals surface area contributed by atoms with Crippen LogP contribution in [-0.2, 0) is 4.74 Å². The number of hydrogen-bond donors (Lipinski definition) is 0. The summed E-state index contributed by atoms with van der Waals surface area (Å²) in [5, 5.41) is 0. The van der Waals surface area contributed by atoms with E-state index in [0.29, 0.717) is 16.7 Å². The van der Waals surface area contributed by atoms with Crippen molar-refractivity contribution in [1.82, 2.24) is 0 Å². The van der Waals surface area contributed by atoms with Gasteiger partial charge in [-0.15, -0.1) is 0 Å². The van der Waals surface area contributed by atoms with E-state index in [1.165, 1.54) is 0 Å². The van der Waals surface area contributed by atoms with Crippen LogP contribution in [0.5, 0.6) is 0 Å². The van der Waals surface area contributed by atoms with Gasteiger partial charge >= 0.3 is 5.97 Å². The van der Waals surface area contributed by atoms with Crippen molar-refractivity contribution in [2.24, 2.45) is 0 Å². The molecule has 2 aromatic carbocycles. The molecule has 0 saturated heterocycles. The Morgan fingerprint density at radius 2 is 1.61 bits per heavy atom. The van der Waals surface area contributed by atoms with Crippen LogP contribution in [0.3, 0.4) is 0 Å². The third-order valence-corrected chi connectivity index (χ3v) is 2.98. The Labute approximate surface area is 104 Å². The van der Waals surface area contributed by atoms with Crippen molar-refractivity contribution in [2.75, 3.05) is 0 Å². The van der Waals surface area contributed by atoms with Crippen molar-refractivity contribution in [3.05, 3.63) is 71.3 Å². The molecule has 0 amide bonds. The number of Topliss-reactive ketones (excluding diaryl/α,β-unsaturated/α-hetero) is 1. The molecule has 1 atom stereocenters. The Balaban J connectivity index is 2.01. The van der Waals surface area contributed by atoms with Gasteiger partial charge in [-0.3, -0.25) is 4.79 Å². The van der Waals surface area contributed by atoms with Crippen LogP contribution in [0.2, 0.25) is 0 Å². The highest BCUT2D eigenvalue weighted by atomic mass is 16.6. The minimum absolute atomic E-state index is 0.186. The first-order valence-electron chi connectivity index (χ1n) is 5.66. The highest BCUT2D eigenvalue weighted by Crippen LogP contribution is 2.32. The summed E-state index contributed by atoms with van der Waals surface area (Å²) in [5.41, 5.74) is 1.68. The van der Waals surface area contributed by atoms with E-state index in [0.717, 1.165) is 0 Å². The van der Waals surface area contributed by atoms with Crippen LogP contribution < -0.4 is 0 Å². The molecule has 0 bridgehead atoms. The van der Waals surface area contributed by atoms with Crippen LogP contribution in [0.4, 0.5) is 0 Å². The van der Waals surface area contributed by atoms with Crippen LogP contribution in [0.1, 0.15) is 32.4 Å². The monoisotopic (exact) mass is 238 g/mol. The average Bonchev–Trinajstić information content (AvgIpc) is 2.77. The highest BCUT2D eigenvalue weighted by molar-refractivity contribution is 6.06. The smallest absolute Gasteiger partial charge is 0.339 e. The molecule has 1 aliphatic heterocycles. The molecule has 3 heteroatoms. The molecule has 1 heterocycles. The van der Waals surface area contributed by atoms with E-state index in [1.807, 2.05) is 6.07 Å². The summed E-state index contributed by atoms with van der Waals surface area (Å²) in [4.78, 5) is 23.9. The fourth-order valence-corrected chi connectivity index (χ4v) is 2.09. The maximum absolute atomic E-state index is 12.3. The van der Waals surface area contributed by atoms with Gasteiger partial charge in [-0.05, 0) is 6.07 Å². The van der Waals surface area contributed by atoms with E-state index in [9.17, 15) is 9.59 Å². The van der Waals surface area contributed by atoms with Crippen LogP contribution >= 0.6 is 0 Å². The van der Waals surface area contributed by atoms with Gasteiger partial charge in [0.2, 0.25) is 5.78 Å². The molecule has 0 unspecified atom stereocenters. The van der Waals surface area contributed by atoms with E-state index in [1.54, 1.807) is 48.5 Å². The molecule has 88 valence electrons. The zero-order chi connectivity index (χ0) is 12.5. The van der Waals surface area contributed by atoms with Crippen molar-refractivity contribution in [3.8, 4) is 0 Å². The van der Waals surface area contributed by atoms with E-state index in [4.69, 9.17) is 4.74 Å². The number of ether oxygens (including phenoxy) is 1. The lowest BCUT2D eigenvalue weighted by Gasteiger charge is -2.09. The van der Waals surface area contributed by atoms with Crippen LogP contribution in [0.25, 0.3) is 0 Å². The molecular weight excluding hydrogens is 228 g/mol. The summed E-state index contributed by atoms with van der Waals surface area (Å²) in [5.74, 6) is -0.617. The van der Waals surface area contributed by atoms with Crippen LogP contribution in [0.15, 0.2) is 54.6 Å². The van der Waals surface area contributed by atoms with Gasteiger partial charge in [-0.1, -0.05) is 48.5 Å². The lowest BCUT2D eigenvalue weighted by atomic mass is 9.98. The number of hydrogen-bond acceptors (Lipinski definition) is 3. The summed E-state index contributed by atoms with van der Waals surface area (Å²) in [6.45, 7) is 0. The van der Waals surface area contributed by atoms with Gasteiger partial charge in [-0.25, -0.2) is 4.79 Å². The molecule has 0 fully saturated rings. The molecule has 0 radical (unpaired) electrons. The minimum Gasteiger partial charge on any atom is -0.445 e. The Morgan fingerprint density at radius 3 is 2.39 bits per heavy atom. The van der Waals surface area contributed by atoms with Crippen molar-refractivity contribution >= 4 is 11.8 Å². The number of esters is 1. The van der Waals surface area contributed by atoms with Gasteiger partial charge in [0.25, 0.3) is 0 Å². The number of fused-ring (bicyclic) bond motifs is 1. The average molecular weight is 238 g/mol. The second kappa shape index (κ2) is 4.11. The molecule has 0 saturated carbocycles. The molecule has 2 aromatic rings. The summed E-state index contributed by atoms with van der Waals surface area (Å²) in [6, 6.07) is 15.8. The van der Waals surface area contributed by atoms with E-state index in [2.05, 4.69) is 0 Å². The number of rotatable bonds is 2. The van der Waals surface area contributed by atoms with Gasteiger partial charge in [-0.2, -0.15) is 0 Å². The predicted octanol–water partition coefficient (Wildman–Crippen LogP) is 2.78. The first-order chi connectivity index (χ1) is 8.77. The summed E-state index contributed by atoms with van der Waals surface area (Å²) in [7, 11) is 0. The SMILES string of the molecule is O=C1O[C@H](C(=O)c2ccccc2)c2ccccc21. The molecular formula is C15H10O3. The first kappa shape index (κ1) is 10.7. The third-order valence-electron chi connectivity index (χ3n) is 2.98. The Bertz CT molecular complexity index is 617. The van der Waals surface area contributed by atoms with Crippen molar-refractivity contribution in [3.63, 3.8) is 0 Å². The van der Waals surface area contributed by atoms with Gasteiger partial charge in [0.05, 0.1) is 5.56 Å². The van der Waals surface area contributed by atoms with Crippen molar-refractivity contribution in [1.29, 1.82) is 0 Å². The second-order valence-corrected chi connectivity index (χ2v) is 4.10. The summed E-state index contributed by atoms with van der Waals surface area (Å²) >= 11 is 0. The van der Waals surface area contributed by atoms with Crippen molar-refractivity contribution in [2.45, 2.75) is 6.10 Å². The normalized spacial score (nSPS) is 17.1. The lowest BCUT2D eigenvalue weighted by Crippen LogP contribution is -2.12. The Kier molecular flexibility index (Phi) is 2.45. The Morgan fingerprint density at radius 1 is 0.944 bits per heavy atom. The molecule has 3 rings (SSSR count). The highest BCUT2D eigenvalue weighted by Gasteiger charge is 2.35. The number of ketones is 1. The van der Waals surface area contributed by atoms with Crippen LogP contribution in [-0.4, -0.2) is 11.8 Å². The van der Waals surface area contributed by atoms with Gasteiger partial charge < -0.3 is 4.74 Å². The van der Waals surface area contributed by atoms with E-state index >= 15 is 0 Å². The number of benzene rings is 2. The molecule has 1 aliphatic rings. The lowest BCUT2D eigenvalue weighted by molar-refractivity contribution is 0.0355. The zero-order valence-corrected chi connectivity index (χ0v) is 9.50. The predicted molar refractivity (Wildman–Crippen MR) is 65.4 cm³/mol. The molecule has 0 spiro atoms. The fraction of sp³-hybridized carbons (Fsp3) is 0.0667. The molecule has 18 heavy (non-hydrogen) atoms. The molecule has 0 aromatic heterocycles. The van der Waals surface area contributed by atoms with Gasteiger partial charge in [0.15, 0.2) is 6.10 Å². The van der Waals surface area contributed by atoms with Gasteiger partial charge in [0.1, 0.15) is 0 Å². The van der Waals surface area contributed by atoms with Crippen LogP contribution in [0, 0.1) is 0 Å². The second-order valence-electron chi connectivity index (χ2n) is 4.10. The summed E-state index contributed by atoms with van der Waals surface area (Å²) in [6.07, 6.45) is -0.809. The topological polar surface area (TPSA) is 43.4 Å². The zero-order valence-electron chi connectivity index (χ0n) is 9.50. The quantitative estimate of drug-likeness (QED) is 0.597. The Hall–Kier alpha value is -2.42. The summed E-state index contributed by atoms with van der Waals surface area (Å²) < 4.78 is 5.16. The first-order valence-corrected chi connectivity index (χ1v) is 5.66. The minimum atomic E-state index is -0.809. The maximum Gasteiger partial charge on any atom is 0.339 e. The fourth-order valence-electron chi connectivity index (χ4n) is 2.09. The largest absolute Gasteiger partial charge is 0.445 e. The van der Waals surface area contributed by atoms with E-state index < -0.39 is 12.1 Å². The van der Waals surface area contributed by atoms with Gasteiger partial charge in [0, 0.05) is 11.1 Å². The number of cyclic esters (lactones) is 1. The van der Waals surface area contributed by atoms with Crippen molar-refractivity contribution < 1.29 is 14.3 Å². The maximum atomic E-state index is 12.3. The molecule has 0 N–H and O–H groups in total. The molecule has 0 aliphatic carbocycles. The number of carbonyl (C=O) groups excluding carboxylic acids is 2. The third kappa shape index (κ3) is 1.61. The van der Waals surface area contributed by atoms with E-state index in [-0.39, 0.29) is 5.78 Å². The molecule has 3 nitrogen and oxygen atoms in total. The number of carbonyl (C=O) groups is 2.